The first-order chi connectivity index (χ1) is 9.02. The first-order valence-electron chi connectivity index (χ1n) is 6.47. The zero-order valence-corrected chi connectivity index (χ0v) is 12.7. The van der Waals surface area contributed by atoms with Crippen LogP contribution in [0.4, 0.5) is 5.69 Å². The van der Waals surface area contributed by atoms with Gasteiger partial charge in [0.2, 0.25) is 0 Å². The molecule has 0 aliphatic carbocycles. The third kappa shape index (κ3) is 2.87. The van der Waals surface area contributed by atoms with Crippen LogP contribution in [-0.4, -0.2) is 12.5 Å². The minimum Gasteiger partial charge on any atom is -0.308 e. The van der Waals surface area contributed by atoms with Gasteiger partial charge in [0, 0.05) is 12.2 Å². The molecular formula is C16H19NOS. The summed E-state index contributed by atoms with van der Waals surface area (Å²) in [5.41, 5.74) is 4.41. The first kappa shape index (κ1) is 13.8. The maximum Gasteiger partial charge on any atom is 0.268 e. The Bertz CT molecular complexity index is 580. The van der Waals surface area contributed by atoms with Crippen molar-refractivity contribution in [3.05, 3.63) is 51.2 Å². The van der Waals surface area contributed by atoms with E-state index in [9.17, 15) is 4.79 Å². The number of carbonyl (C=O) groups excluding carboxylic acids is 1. The number of aryl methyl sites for hydroxylation is 3. The summed E-state index contributed by atoms with van der Waals surface area (Å²) in [4.78, 5) is 15.3. The van der Waals surface area contributed by atoms with Crippen LogP contribution in [0.2, 0.25) is 0 Å². The second kappa shape index (κ2) is 5.57. The molecular weight excluding hydrogens is 254 g/mol. The molecule has 19 heavy (non-hydrogen) atoms. The summed E-state index contributed by atoms with van der Waals surface area (Å²) in [6.45, 7) is 8.80. The predicted molar refractivity (Wildman–Crippen MR) is 82.3 cm³/mol. The molecule has 1 aromatic heterocycles. The van der Waals surface area contributed by atoms with E-state index in [-0.39, 0.29) is 5.91 Å². The highest BCUT2D eigenvalue weighted by Crippen LogP contribution is 2.24. The van der Waals surface area contributed by atoms with Gasteiger partial charge in [-0.3, -0.25) is 4.79 Å². The zero-order valence-electron chi connectivity index (χ0n) is 11.9. The van der Waals surface area contributed by atoms with Crippen molar-refractivity contribution in [3.63, 3.8) is 0 Å². The molecule has 0 unspecified atom stereocenters. The van der Waals surface area contributed by atoms with Crippen molar-refractivity contribution in [2.45, 2.75) is 27.7 Å². The average molecular weight is 273 g/mol. The molecule has 0 atom stereocenters. The Balaban J connectivity index is 2.40. The van der Waals surface area contributed by atoms with Crippen LogP contribution in [0.15, 0.2) is 29.6 Å². The van der Waals surface area contributed by atoms with Crippen molar-refractivity contribution < 1.29 is 4.79 Å². The second-order valence-electron chi connectivity index (χ2n) is 4.83. The number of amides is 1. The monoisotopic (exact) mass is 273 g/mol. The summed E-state index contributed by atoms with van der Waals surface area (Å²) in [6.07, 6.45) is 0. The Hall–Kier alpha value is -1.61. The van der Waals surface area contributed by atoms with Crippen molar-refractivity contribution >= 4 is 22.9 Å². The summed E-state index contributed by atoms with van der Waals surface area (Å²) in [7, 11) is 0. The predicted octanol–water partition coefficient (Wildman–Crippen LogP) is 4.34. The molecule has 2 nitrogen and oxygen atoms in total. The molecule has 0 aliphatic heterocycles. The molecule has 2 aromatic rings. The molecule has 1 heterocycles. The van der Waals surface area contributed by atoms with Crippen molar-refractivity contribution in [1.82, 2.24) is 0 Å². The van der Waals surface area contributed by atoms with E-state index in [1.54, 1.807) is 0 Å². The molecule has 3 heteroatoms. The lowest BCUT2D eigenvalue weighted by molar-refractivity contribution is 0.0991. The van der Waals surface area contributed by atoms with Crippen LogP contribution >= 0.6 is 11.3 Å². The van der Waals surface area contributed by atoms with Gasteiger partial charge in [-0.05, 0) is 68.0 Å². The fourth-order valence-electron chi connectivity index (χ4n) is 2.26. The number of hydrogen-bond acceptors (Lipinski definition) is 2. The van der Waals surface area contributed by atoms with E-state index < -0.39 is 0 Å². The zero-order chi connectivity index (χ0) is 14.0. The fraction of sp³-hybridized carbons (Fsp3) is 0.312. The van der Waals surface area contributed by atoms with Gasteiger partial charge in [-0.25, -0.2) is 0 Å². The third-order valence-electron chi connectivity index (χ3n) is 3.14. The summed E-state index contributed by atoms with van der Waals surface area (Å²) >= 11 is 1.51. The van der Waals surface area contributed by atoms with Gasteiger partial charge in [-0.2, -0.15) is 0 Å². The van der Waals surface area contributed by atoms with Crippen molar-refractivity contribution in [3.8, 4) is 0 Å². The summed E-state index contributed by atoms with van der Waals surface area (Å²) in [5.74, 6) is 0.0972. The lowest BCUT2D eigenvalue weighted by atomic mass is 10.1. The molecule has 0 radical (unpaired) electrons. The quantitative estimate of drug-likeness (QED) is 0.814. The van der Waals surface area contributed by atoms with Crippen LogP contribution in [0.5, 0.6) is 0 Å². The van der Waals surface area contributed by atoms with Crippen molar-refractivity contribution in [2.24, 2.45) is 0 Å². The van der Waals surface area contributed by atoms with E-state index in [4.69, 9.17) is 0 Å². The van der Waals surface area contributed by atoms with E-state index in [2.05, 4.69) is 32.0 Å². The van der Waals surface area contributed by atoms with E-state index in [1.165, 1.54) is 22.5 Å². The summed E-state index contributed by atoms with van der Waals surface area (Å²) in [5, 5.41) is 1.97. The van der Waals surface area contributed by atoms with Crippen LogP contribution in [0, 0.1) is 20.8 Å². The SMILES string of the molecule is CCN(C(=O)c1sccc1C)c1cc(C)cc(C)c1. The number of carbonyl (C=O) groups is 1. The number of anilines is 1. The molecule has 0 saturated carbocycles. The lowest BCUT2D eigenvalue weighted by Gasteiger charge is -2.22. The second-order valence-corrected chi connectivity index (χ2v) is 5.74. The molecule has 0 saturated heterocycles. The molecule has 0 fully saturated rings. The number of benzene rings is 1. The highest BCUT2D eigenvalue weighted by atomic mass is 32.1. The standard InChI is InChI=1S/C16H19NOS/c1-5-17(14-9-11(2)8-12(3)10-14)16(18)15-13(4)6-7-19-15/h6-10H,5H2,1-4H3. The molecule has 1 aromatic carbocycles. The lowest BCUT2D eigenvalue weighted by Crippen LogP contribution is -2.30. The highest BCUT2D eigenvalue weighted by molar-refractivity contribution is 7.12. The Morgan fingerprint density at radius 2 is 1.79 bits per heavy atom. The first-order valence-corrected chi connectivity index (χ1v) is 7.35. The van der Waals surface area contributed by atoms with Crippen molar-refractivity contribution in [2.75, 3.05) is 11.4 Å². The number of hydrogen-bond donors (Lipinski definition) is 0. The van der Waals surface area contributed by atoms with Crippen LogP contribution < -0.4 is 4.90 Å². The van der Waals surface area contributed by atoms with E-state index in [0.29, 0.717) is 6.54 Å². The number of nitrogens with zero attached hydrogens (tertiary/aromatic N) is 1. The topological polar surface area (TPSA) is 20.3 Å². The van der Waals surface area contributed by atoms with Crippen LogP contribution in [0.1, 0.15) is 33.3 Å². The minimum atomic E-state index is 0.0972. The van der Waals surface area contributed by atoms with E-state index in [1.807, 2.05) is 30.2 Å². The minimum absolute atomic E-state index is 0.0972. The van der Waals surface area contributed by atoms with E-state index >= 15 is 0 Å². The Morgan fingerprint density at radius 1 is 1.16 bits per heavy atom. The average Bonchev–Trinajstić information content (AvgIpc) is 2.75. The maximum absolute atomic E-state index is 12.6. The van der Waals surface area contributed by atoms with Crippen LogP contribution in [0.25, 0.3) is 0 Å². The molecule has 0 spiro atoms. The van der Waals surface area contributed by atoms with E-state index in [0.717, 1.165) is 16.1 Å². The molecule has 100 valence electrons. The van der Waals surface area contributed by atoms with Gasteiger partial charge in [0.25, 0.3) is 5.91 Å². The van der Waals surface area contributed by atoms with Crippen LogP contribution in [-0.2, 0) is 0 Å². The largest absolute Gasteiger partial charge is 0.308 e. The van der Waals surface area contributed by atoms with Gasteiger partial charge >= 0.3 is 0 Å². The molecule has 1 amide bonds. The highest BCUT2D eigenvalue weighted by Gasteiger charge is 2.19. The third-order valence-corrected chi connectivity index (χ3v) is 4.14. The maximum atomic E-state index is 12.6. The summed E-state index contributed by atoms with van der Waals surface area (Å²) < 4.78 is 0. The van der Waals surface area contributed by atoms with Gasteiger partial charge in [-0.1, -0.05) is 6.07 Å². The van der Waals surface area contributed by atoms with Crippen molar-refractivity contribution in [1.29, 1.82) is 0 Å². The summed E-state index contributed by atoms with van der Waals surface area (Å²) in [6, 6.07) is 8.25. The van der Waals surface area contributed by atoms with Gasteiger partial charge in [0.05, 0.1) is 4.88 Å². The number of rotatable bonds is 3. The van der Waals surface area contributed by atoms with Gasteiger partial charge in [0.15, 0.2) is 0 Å². The van der Waals surface area contributed by atoms with Gasteiger partial charge in [-0.15, -0.1) is 11.3 Å². The normalized spacial score (nSPS) is 10.5. The Kier molecular flexibility index (Phi) is 4.05. The number of thiophene rings is 1. The molecule has 0 N–H and O–H groups in total. The van der Waals surface area contributed by atoms with Gasteiger partial charge < -0.3 is 4.90 Å². The van der Waals surface area contributed by atoms with Gasteiger partial charge in [0.1, 0.15) is 0 Å². The molecule has 0 aliphatic rings. The molecule has 0 bridgehead atoms. The Labute approximate surface area is 118 Å². The van der Waals surface area contributed by atoms with Crippen LogP contribution in [0.3, 0.4) is 0 Å². The smallest absolute Gasteiger partial charge is 0.268 e. The fourth-order valence-corrected chi connectivity index (χ4v) is 3.14. The molecule has 2 rings (SSSR count). The Morgan fingerprint density at radius 3 is 2.26 bits per heavy atom.